The molecule has 0 aliphatic rings. The van der Waals surface area contributed by atoms with Gasteiger partial charge in [-0.1, -0.05) is 127 Å². The Bertz CT molecular complexity index is 1490. The van der Waals surface area contributed by atoms with Crippen LogP contribution in [0.1, 0.15) is 124 Å². The van der Waals surface area contributed by atoms with Gasteiger partial charge in [0.25, 0.3) is 0 Å². The zero-order chi connectivity index (χ0) is 35.5. The van der Waals surface area contributed by atoms with E-state index in [0.717, 1.165) is 32.8 Å². The number of aryl methyl sites for hydroxylation is 4. The van der Waals surface area contributed by atoms with E-state index in [1.54, 1.807) is 39.0 Å². The predicted molar refractivity (Wildman–Crippen MR) is 196 cm³/mol. The molecule has 0 saturated heterocycles. The molecule has 4 aromatic rings. The van der Waals surface area contributed by atoms with E-state index in [9.17, 15) is 13.2 Å². The minimum atomic E-state index is -0.272. The summed E-state index contributed by atoms with van der Waals surface area (Å²) in [7, 11) is 0. The summed E-state index contributed by atoms with van der Waals surface area (Å²) in [5, 5.41) is 1.76. The minimum absolute atomic E-state index is 0.101. The topological polar surface area (TPSA) is 0 Å². The molecule has 0 aromatic heterocycles. The van der Waals surface area contributed by atoms with Gasteiger partial charge in [-0.3, -0.25) is 0 Å². The van der Waals surface area contributed by atoms with Crippen LogP contribution < -0.4 is 0 Å². The van der Waals surface area contributed by atoms with Gasteiger partial charge in [0.2, 0.25) is 0 Å². The highest BCUT2D eigenvalue weighted by atomic mass is 35.5. The third kappa shape index (κ3) is 13.0. The molecule has 4 rings (SSSR count). The van der Waals surface area contributed by atoms with Gasteiger partial charge in [-0.05, 0) is 120 Å². The van der Waals surface area contributed by atoms with Crippen molar-refractivity contribution in [3.8, 4) is 0 Å². The quantitative estimate of drug-likeness (QED) is 0.200. The van der Waals surface area contributed by atoms with Gasteiger partial charge in [-0.15, -0.1) is 0 Å². The number of rotatable bonds is 4. The Hall–Kier alpha value is -2.46. The summed E-state index contributed by atoms with van der Waals surface area (Å²) in [5.41, 5.74) is 7.19. The normalized spacial score (nSPS) is 10.7. The molecule has 0 N–H and O–H groups in total. The Labute approximate surface area is 291 Å². The van der Waals surface area contributed by atoms with Gasteiger partial charge in [-0.2, -0.15) is 0 Å². The van der Waals surface area contributed by atoms with Crippen LogP contribution >= 0.6 is 34.8 Å². The maximum atomic E-state index is 13.4. The summed E-state index contributed by atoms with van der Waals surface area (Å²) in [4.78, 5) is 0. The summed E-state index contributed by atoms with van der Waals surface area (Å²) >= 11 is 17.6. The molecule has 0 fully saturated rings. The van der Waals surface area contributed by atoms with Gasteiger partial charge in [0, 0.05) is 10.0 Å². The Balaban J connectivity index is 0.000000307. The number of halogens is 6. The van der Waals surface area contributed by atoms with E-state index in [0.29, 0.717) is 28.0 Å². The molecule has 0 aliphatic carbocycles. The van der Waals surface area contributed by atoms with Crippen molar-refractivity contribution in [2.75, 3.05) is 0 Å². The van der Waals surface area contributed by atoms with Gasteiger partial charge in [0.1, 0.15) is 17.5 Å². The maximum absolute atomic E-state index is 13.4. The third-order valence-electron chi connectivity index (χ3n) is 7.55. The lowest BCUT2D eigenvalue weighted by Gasteiger charge is -2.09. The van der Waals surface area contributed by atoms with E-state index >= 15 is 0 Å². The average molecular weight is 694 g/mol. The molecular weight excluding hydrogens is 644 g/mol. The highest BCUT2D eigenvalue weighted by Crippen LogP contribution is 2.27. The first-order valence-corrected chi connectivity index (χ1v) is 16.8. The van der Waals surface area contributed by atoms with Gasteiger partial charge in [-0.25, -0.2) is 13.2 Å². The second kappa shape index (κ2) is 19.4. The average Bonchev–Trinajstić information content (AvgIpc) is 2.97. The van der Waals surface area contributed by atoms with E-state index in [2.05, 4.69) is 39.8 Å². The molecule has 0 nitrogen and oxygen atoms in total. The van der Waals surface area contributed by atoms with Crippen molar-refractivity contribution < 1.29 is 13.2 Å². The minimum Gasteiger partial charge on any atom is -0.207 e. The van der Waals surface area contributed by atoms with Crippen molar-refractivity contribution in [3.63, 3.8) is 0 Å². The standard InChI is InChI=1S/2C10H12ClF.C10H13Cl.C10H13F/c1-6(2)8-5-9(11)7(3)4-10(8)12;1-6(2)8-5-4-7(3)9(11)10(8)12;2*1-7(2)9-5-4-8(3)10(11)6-9/h2*4-6H,1-3H3;2*4-7H,1-3H3. The fourth-order valence-electron chi connectivity index (χ4n) is 4.15. The second-order valence-corrected chi connectivity index (χ2v) is 14.1. The molecular formula is C40H50Cl3F3. The fraction of sp³-hybridized carbons (Fsp3) is 0.400. The first kappa shape index (κ1) is 41.6. The van der Waals surface area contributed by atoms with Crippen LogP contribution in [0, 0.1) is 45.1 Å². The Morgan fingerprint density at radius 2 is 0.891 bits per heavy atom. The summed E-state index contributed by atoms with van der Waals surface area (Å²) in [6, 6.07) is 18.5. The molecule has 0 unspecified atom stereocenters. The van der Waals surface area contributed by atoms with Crippen LogP contribution in [0.25, 0.3) is 0 Å². The lowest BCUT2D eigenvalue weighted by molar-refractivity contribution is 0.597. The lowest BCUT2D eigenvalue weighted by Crippen LogP contribution is -1.94. The first-order valence-electron chi connectivity index (χ1n) is 15.7. The number of hydrogen-bond donors (Lipinski definition) is 0. The van der Waals surface area contributed by atoms with Crippen LogP contribution in [0.5, 0.6) is 0 Å². The summed E-state index contributed by atoms with van der Waals surface area (Å²) in [6.07, 6.45) is 0. The van der Waals surface area contributed by atoms with E-state index in [4.69, 9.17) is 34.8 Å². The SMILES string of the molecule is Cc1cc(F)c(C(C)C)cc1Cl.Cc1ccc(C(C)C)c(F)c1Cl.Cc1ccc(C(C)C)cc1Cl.Cc1ccc(C(C)C)cc1F. The number of benzene rings is 4. The Morgan fingerprint density at radius 1 is 0.435 bits per heavy atom. The van der Waals surface area contributed by atoms with Crippen molar-refractivity contribution in [2.45, 2.75) is 107 Å². The predicted octanol–water partition coefficient (Wildman–Crippen LogP) is 14.9. The largest absolute Gasteiger partial charge is 0.207 e. The molecule has 0 bridgehead atoms. The summed E-state index contributed by atoms with van der Waals surface area (Å²) in [6.45, 7) is 23.6. The molecule has 0 heterocycles. The lowest BCUT2D eigenvalue weighted by atomic mass is 10.0. The van der Waals surface area contributed by atoms with Crippen LogP contribution in [0.3, 0.4) is 0 Å². The molecule has 0 atom stereocenters. The van der Waals surface area contributed by atoms with Gasteiger partial charge in [0.15, 0.2) is 0 Å². The summed E-state index contributed by atoms with van der Waals surface area (Å²) < 4.78 is 39.5. The highest BCUT2D eigenvalue weighted by molar-refractivity contribution is 6.32. The van der Waals surface area contributed by atoms with Crippen molar-refractivity contribution in [2.24, 2.45) is 0 Å². The van der Waals surface area contributed by atoms with Crippen LogP contribution in [0.2, 0.25) is 15.1 Å². The molecule has 6 heteroatoms. The fourth-order valence-corrected chi connectivity index (χ4v) is 4.68. The van der Waals surface area contributed by atoms with Gasteiger partial charge >= 0.3 is 0 Å². The van der Waals surface area contributed by atoms with E-state index in [-0.39, 0.29) is 34.3 Å². The van der Waals surface area contributed by atoms with Crippen molar-refractivity contribution >= 4 is 34.8 Å². The third-order valence-corrected chi connectivity index (χ3v) is 8.83. The van der Waals surface area contributed by atoms with Gasteiger partial charge < -0.3 is 0 Å². The zero-order valence-corrected chi connectivity index (χ0v) is 31.6. The number of hydrogen-bond acceptors (Lipinski definition) is 0. The molecule has 0 radical (unpaired) electrons. The van der Waals surface area contributed by atoms with E-state index < -0.39 is 0 Å². The monoisotopic (exact) mass is 692 g/mol. The molecule has 0 saturated carbocycles. The summed E-state index contributed by atoms with van der Waals surface area (Å²) in [5.74, 6) is 0.805. The molecule has 46 heavy (non-hydrogen) atoms. The van der Waals surface area contributed by atoms with Crippen LogP contribution in [-0.2, 0) is 0 Å². The van der Waals surface area contributed by atoms with E-state index in [1.807, 2.05) is 58.9 Å². The highest BCUT2D eigenvalue weighted by Gasteiger charge is 2.11. The second-order valence-electron chi connectivity index (χ2n) is 12.9. The Kier molecular flexibility index (Phi) is 17.5. The van der Waals surface area contributed by atoms with Crippen molar-refractivity contribution in [1.29, 1.82) is 0 Å². The van der Waals surface area contributed by atoms with Crippen LogP contribution in [0.4, 0.5) is 13.2 Å². The Morgan fingerprint density at radius 3 is 1.35 bits per heavy atom. The first-order chi connectivity index (χ1) is 21.3. The molecule has 4 aromatic carbocycles. The maximum Gasteiger partial charge on any atom is 0.145 e. The smallest absolute Gasteiger partial charge is 0.145 e. The van der Waals surface area contributed by atoms with Crippen molar-refractivity contribution in [3.05, 3.63) is 138 Å². The van der Waals surface area contributed by atoms with Crippen molar-refractivity contribution in [1.82, 2.24) is 0 Å². The molecule has 0 aliphatic heterocycles. The molecule has 0 amide bonds. The molecule has 0 spiro atoms. The van der Waals surface area contributed by atoms with Gasteiger partial charge in [0.05, 0.1) is 5.02 Å². The van der Waals surface area contributed by atoms with Crippen LogP contribution in [-0.4, -0.2) is 0 Å². The van der Waals surface area contributed by atoms with E-state index in [1.165, 1.54) is 11.6 Å². The molecule has 252 valence electrons. The zero-order valence-electron chi connectivity index (χ0n) is 29.4. The van der Waals surface area contributed by atoms with Crippen LogP contribution in [0.15, 0.2) is 60.7 Å².